The lowest BCUT2D eigenvalue weighted by atomic mass is 10.1. The molecule has 1 N–H and O–H groups in total. The molecule has 3 nitrogen and oxygen atoms in total. The first-order valence-corrected chi connectivity index (χ1v) is 5.38. The van der Waals surface area contributed by atoms with Crippen LogP contribution in [-0.4, -0.2) is 16.1 Å². The van der Waals surface area contributed by atoms with Crippen LogP contribution in [0.1, 0.15) is 25.5 Å². The van der Waals surface area contributed by atoms with Crippen LogP contribution in [0, 0.1) is 0 Å². The topological polar surface area (TPSA) is 50.2 Å². The van der Waals surface area contributed by atoms with E-state index in [1.54, 1.807) is 6.20 Å². The van der Waals surface area contributed by atoms with Gasteiger partial charge in [-0.05, 0) is 47.5 Å². The molecule has 0 fully saturated rings. The highest BCUT2D eigenvalue weighted by Gasteiger charge is 1.98. The number of rotatable bonds is 4. The molecule has 0 aromatic carbocycles. The molecule has 0 bridgehead atoms. The van der Waals surface area contributed by atoms with Crippen LogP contribution < -0.4 is 0 Å². The van der Waals surface area contributed by atoms with Gasteiger partial charge in [-0.25, -0.2) is 0 Å². The van der Waals surface area contributed by atoms with Crippen LogP contribution in [0.2, 0.25) is 0 Å². The molecule has 1 aromatic heterocycles. The summed E-state index contributed by atoms with van der Waals surface area (Å²) in [5, 5.41) is 8.52. The number of nitrogens with zero attached hydrogens (tertiary/aromatic N) is 1. The van der Waals surface area contributed by atoms with Gasteiger partial charge in [0.25, 0.3) is 0 Å². The molecule has 0 aliphatic heterocycles. The van der Waals surface area contributed by atoms with Crippen LogP contribution in [0.15, 0.2) is 28.4 Å². The van der Waals surface area contributed by atoms with Gasteiger partial charge >= 0.3 is 5.97 Å². The monoisotopic (exact) mass is 269 g/mol. The van der Waals surface area contributed by atoms with E-state index in [9.17, 15) is 4.79 Å². The minimum absolute atomic E-state index is 0.166. The Labute approximate surface area is 97.0 Å². The third kappa shape index (κ3) is 4.74. The Bertz CT molecular complexity index is 371. The van der Waals surface area contributed by atoms with E-state index in [-0.39, 0.29) is 6.42 Å². The van der Waals surface area contributed by atoms with E-state index in [4.69, 9.17) is 5.11 Å². The smallest absolute Gasteiger partial charge is 0.303 e. The maximum absolute atomic E-state index is 10.4. The Morgan fingerprint density at radius 1 is 1.53 bits per heavy atom. The molecule has 0 radical (unpaired) electrons. The number of hydrogen-bond acceptors (Lipinski definition) is 2. The molecule has 1 rings (SSSR count). The standard InChI is InChI=1S/C11H12BrNO2/c1-8(2-5-11(14)15)6-10-4-3-9(12)7-13-10/h3-4,6-7H,2,5H2,1H3,(H,14,15). The van der Waals surface area contributed by atoms with Crippen molar-refractivity contribution >= 4 is 28.0 Å². The molecule has 4 heteroatoms. The van der Waals surface area contributed by atoms with Gasteiger partial charge in [0.2, 0.25) is 0 Å². The van der Waals surface area contributed by atoms with Gasteiger partial charge in [0.05, 0.1) is 5.69 Å². The van der Waals surface area contributed by atoms with Gasteiger partial charge in [0.1, 0.15) is 0 Å². The molecule has 0 atom stereocenters. The molecular formula is C11H12BrNO2. The fourth-order valence-electron chi connectivity index (χ4n) is 1.10. The van der Waals surface area contributed by atoms with Crippen molar-refractivity contribution in [3.05, 3.63) is 34.1 Å². The van der Waals surface area contributed by atoms with Crippen molar-refractivity contribution in [2.45, 2.75) is 19.8 Å². The molecule has 1 aromatic rings. The van der Waals surface area contributed by atoms with Crippen molar-refractivity contribution < 1.29 is 9.90 Å². The molecule has 15 heavy (non-hydrogen) atoms. The van der Waals surface area contributed by atoms with Gasteiger partial charge < -0.3 is 5.11 Å². The van der Waals surface area contributed by atoms with E-state index in [1.807, 2.05) is 25.1 Å². The van der Waals surface area contributed by atoms with Crippen molar-refractivity contribution in [2.24, 2.45) is 0 Å². The lowest BCUT2D eigenvalue weighted by molar-refractivity contribution is -0.136. The highest BCUT2D eigenvalue weighted by Crippen LogP contribution is 2.12. The Kier molecular flexibility index (Phi) is 4.49. The van der Waals surface area contributed by atoms with Crippen LogP contribution in [-0.2, 0) is 4.79 Å². The van der Waals surface area contributed by atoms with E-state index in [0.29, 0.717) is 6.42 Å². The van der Waals surface area contributed by atoms with Crippen LogP contribution in [0.25, 0.3) is 6.08 Å². The van der Waals surface area contributed by atoms with Gasteiger partial charge in [0.15, 0.2) is 0 Å². The molecule has 1 heterocycles. The fraction of sp³-hybridized carbons (Fsp3) is 0.273. The second-order valence-corrected chi connectivity index (χ2v) is 4.20. The van der Waals surface area contributed by atoms with Gasteiger partial charge in [-0.2, -0.15) is 0 Å². The summed E-state index contributed by atoms with van der Waals surface area (Å²) in [4.78, 5) is 14.5. The lowest BCUT2D eigenvalue weighted by Crippen LogP contribution is -1.94. The molecular weight excluding hydrogens is 258 g/mol. The summed E-state index contributed by atoms with van der Waals surface area (Å²) >= 11 is 3.30. The summed E-state index contributed by atoms with van der Waals surface area (Å²) in [5.41, 5.74) is 1.87. The summed E-state index contributed by atoms with van der Waals surface area (Å²) in [6, 6.07) is 3.79. The summed E-state index contributed by atoms with van der Waals surface area (Å²) in [6.45, 7) is 1.91. The van der Waals surface area contributed by atoms with Crippen molar-refractivity contribution in [2.75, 3.05) is 0 Å². The van der Waals surface area contributed by atoms with Gasteiger partial charge in [-0.15, -0.1) is 0 Å². The van der Waals surface area contributed by atoms with Crippen LogP contribution >= 0.6 is 15.9 Å². The molecule has 0 aliphatic rings. The molecule has 0 aliphatic carbocycles. The first-order chi connectivity index (χ1) is 7.08. The summed E-state index contributed by atoms with van der Waals surface area (Å²) in [5.74, 6) is -0.772. The maximum atomic E-state index is 10.4. The highest BCUT2D eigenvalue weighted by atomic mass is 79.9. The third-order valence-corrected chi connectivity index (χ3v) is 2.35. The van der Waals surface area contributed by atoms with Gasteiger partial charge in [0, 0.05) is 17.1 Å². The number of carboxylic acids is 1. The Hall–Kier alpha value is -1.16. The lowest BCUT2D eigenvalue weighted by Gasteiger charge is -1.98. The van der Waals surface area contributed by atoms with Crippen molar-refractivity contribution in [3.63, 3.8) is 0 Å². The van der Waals surface area contributed by atoms with E-state index in [2.05, 4.69) is 20.9 Å². The minimum atomic E-state index is -0.772. The Morgan fingerprint density at radius 3 is 2.80 bits per heavy atom. The number of carbonyl (C=O) groups is 1. The number of carboxylic acid groups (broad SMARTS) is 1. The quantitative estimate of drug-likeness (QED) is 0.914. The Morgan fingerprint density at radius 2 is 2.27 bits per heavy atom. The SMILES string of the molecule is CC(=Cc1ccc(Br)cn1)CCC(=O)O. The number of aliphatic carboxylic acids is 1. The molecule has 0 amide bonds. The largest absolute Gasteiger partial charge is 0.481 e. The Balaban J connectivity index is 2.62. The summed E-state index contributed by atoms with van der Waals surface area (Å²) in [7, 11) is 0. The first-order valence-electron chi connectivity index (χ1n) is 4.58. The average molecular weight is 270 g/mol. The first kappa shape index (κ1) is 11.9. The predicted octanol–water partition coefficient (Wildman–Crippen LogP) is 3.11. The zero-order chi connectivity index (χ0) is 11.3. The van der Waals surface area contributed by atoms with Gasteiger partial charge in [-0.1, -0.05) is 5.57 Å². The van der Waals surface area contributed by atoms with Crippen molar-refractivity contribution in [1.29, 1.82) is 0 Å². The zero-order valence-electron chi connectivity index (χ0n) is 8.40. The number of hydrogen-bond donors (Lipinski definition) is 1. The maximum Gasteiger partial charge on any atom is 0.303 e. The normalized spacial score (nSPS) is 11.5. The van der Waals surface area contributed by atoms with Gasteiger partial charge in [-0.3, -0.25) is 9.78 Å². The number of halogens is 1. The van der Waals surface area contributed by atoms with Crippen molar-refractivity contribution in [1.82, 2.24) is 4.98 Å². The zero-order valence-corrected chi connectivity index (χ0v) is 9.99. The predicted molar refractivity (Wildman–Crippen MR) is 62.5 cm³/mol. The number of aromatic nitrogens is 1. The molecule has 80 valence electrons. The molecule has 0 saturated carbocycles. The second kappa shape index (κ2) is 5.66. The molecule has 0 spiro atoms. The minimum Gasteiger partial charge on any atom is -0.481 e. The molecule has 0 saturated heterocycles. The van der Waals surface area contributed by atoms with Crippen LogP contribution in [0.4, 0.5) is 0 Å². The average Bonchev–Trinajstić information content (AvgIpc) is 2.19. The second-order valence-electron chi connectivity index (χ2n) is 3.29. The molecule has 0 unspecified atom stereocenters. The van der Waals surface area contributed by atoms with Crippen LogP contribution in [0.5, 0.6) is 0 Å². The highest BCUT2D eigenvalue weighted by molar-refractivity contribution is 9.10. The fourth-order valence-corrected chi connectivity index (χ4v) is 1.34. The van der Waals surface area contributed by atoms with E-state index in [1.165, 1.54) is 0 Å². The van der Waals surface area contributed by atoms with E-state index in [0.717, 1.165) is 15.7 Å². The summed E-state index contributed by atoms with van der Waals surface area (Å²) in [6.07, 6.45) is 4.34. The summed E-state index contributed by atoms with van der Waals surface area (Å²) < 4.78 is 0.933. The number of pyridine rings is 1. The third-order valence-electron chi connectivity index (χ3n) is 1.88. The van der Waals surface area contributed by atoms with Crippen molar-refractivity contribution in [3.8, 4) is 0 Å². The van der Waals surface area contributed by atoms with E-state index < -0.39 is 5.97 Å². The number of allylic oxidation sites excluding steroid dienone is 1. The van der Waals surface area contributed by atoms with E-state index >= 15 is 0 Å². The van der Waals surface area contributed by atoms with Crippen LogP contribution in [0.3, 0.4) is 0 Å².